The molecule has 2 aromatic carbocycles. The smallest absolute Gasteiger partial charge is 0.262 e. The summed E-state index contributed by atoms with van der Waals surface area (Å²) in [6.45, 7) is 5.68. The number of benzene rings is 2. The molecule has 1 amide bonds. The molecule has 1 atom stereocenters. The van der Waals surface area contributed by atoms with E-state index in [1.165, 1.54) is 6.08 Å². The van der Waals surface area contributed by atoms with Crippen LogP contribution in [0.1, 0.15) is 37.9 Å². The summed E-state index contributed by atoms with van der Waals surface area (Å²) in [5.41, 5.74) is 1.58. The van der Waals surface area contributed by atoms with E-state index in [0.29, 0.717) is 17.1 Å². The maximum Gasteiger partial charge on any atom is 0.262 e. The first-order chi connectivity index (χ1) is 13.0. The molecule has 2 aromatic rings. The Morgan fingerprint density at radius 3 is 2.41 bits per heavy atom. The van der Waals surface area contributed by atoms with E-state index in [1.54, 1.807) is 25.3 Å². The van der Waals surface area contributed by atoms with Gasteiger partial charge in [0.25, 0.3) is 5.91 Å². The van der Waals surface area contributed by atoms with Crippen molar-refractivity contribution in [2.45, 2.75) is 32.9 Å². The standard InChI is InChI=1S/C22H24N2O3/c1-15(2)27-21-18(11-8-12-20(21)26-4)13-19(14-23)22(25)24-16(3)17-9-6-5-7-10-17/h5-13,15-16H,1-4H3,(H,24,25)/b19-13+. The van der Waals surface area contributed by atoms with E-state index in [9.17, 15) is 10.1 Å². The van der Waals surface area contributed by atoms with Crippen molar-refractivity contribution in [1.82, 2.24) is 5.32 Å². The molecular weight excluding hydrogens is 340 g/mol. The molecule has 0 fully saturated rings. The van der Waals surface area contributed by atoms with Gasteiger partial charge in [-0.1, -0.05) is 42.5 Å². The fraction of sp³-hybridized carbons (Fsp3) is 0.273. The Morgan fingerprint density at radius 2 is 1.81 bits per heavy atom. The number of hydrogen-bond acceptors (Lipinski definition) is 4. The van der Waals surface area contributed by atoms with E-state index in [1.807, 2.05) is 57.2 Å². The molecule has 0 bridgehead atoms. The van der Waals surface area contributed by atoms with Gasteiger partial charge in [-0.25, -0.2) is 0 Å². The molecule has 0 saturated heterocycles. The lowest BCUT2D eigenvalue weighted by molar-refractivity contribution is -0.117. The normalized spacial score (nSPS) is 12.2. The van der Waals surface area contributed by atoms with Gasteiger partial charge in [-0.2, -0.15) is 5.26 Å². The number of carbonyl (C=O) groups is 1. The topological polar surface area (TPSA) is 71.3 Å². The third-order valence-corrected chi connectivity index (χ3v) is 3.89. The number of ether oxygens (including phenoxy) is 2. The SMILES string of the molecule is COc1cccc(/C=C(\C#N)C(=O)NC(C)c2ccccc2)c1OC(C)C. The van der Waals surface area contributed by atoms with E-state index in [-0.39, 0.29) is 17.7 Å². The number of rotatable bonds is 7. The van der Waals surface area contributed by atoms with Crippen LogP contribution in [0.3, 0.4) is 0 Å². The lowest BCUT2D eigenvalue weighted by atomic mass is 10.1. The van der Waals surface area contributed by atoms with Gasteiger partial charge in [-0.3, -0.25) is 4.79 Å². The number of para-hydroxylation sites is 1. The van der Waals surface area contributed by atoms with Crippen molar-refractivity contribution >= 4 is 12.0 Å². The second-order valence-electron chi connectivity index (χ2n) is 6.32. The van der Waals surface area contributed by atoms with E-state index in [2.05, 4.69) is 5.32 Å². The van der Waals surface area contributed by atoms with Crippen molar-refractivity contribution in [2.75, 3.05) is 7.11 Å². The maximum absolute atomic E-state index is 12.6. The van der Waals surface area contributed by atoms with E-state index in [0.717, 1.165) is 5.56 Å². The summed E-state index contributed by atoms with van der Waals surface area (Å²) in [5, 5.41) is 12.3. The molecular formula is C22H24N2O3. The minimum absolute atomic E-state index is 0.000333. The zero-order valence-electron chi connectivity index (χ0n) is 16.0. The number of amides is 1. The number of hydrogen-bond donors (Lipinski definition) is 1. The third kappa shape index (κ3) is 5.35. The monoisotopic (exact) mass is 364 g/mol. The van der Waals surface area contributed by atoms with Crippen LogP contribution in [-0.4, -0.2) is 19.1 Å². The van der Waals surface area contributed by atoms with E-state index >= 15 is 0 Å². The number of nitriles is 1. The Bertz CT molecular complexity index is 852. The van der Waals surface area contributed by atoms with Crippen LogP contribution in [-0.2, 0) is 4.79 Å². The third-order valence-electron chi connectivity index (χ3n) is 3.89. The number of nitrogens with one attached hydrogen (secondary N) is 1. The number of nitrogens with zero attached hydrogens (tertiary/aromatic N) is 1. The Labute approximate surface area is 160 Å². The number of carbonyl (C=O) groups excluding carboxylic acids is 1. The van der Waals surface area contributed by atoms with Gasteiger partial charge >= 0.3 is 0 Å². The van der Waals surface area contributed by atoms with Gasteiger partial charge in [0.2, 0.25) is 0 Å². The largest absolute Gasteiger partial charge is 0.493 e. The Kier molecular flexibility index (Phi) is 7.01. The molecule has 5 heteroatoms. The molecule has 1 N–H and O–H groups in total. The van der Waals surface area contributed by atoms with Gasteiger partial charge < -0.3 is 14.8 Å². The first kappa shape index (κ1) is 20.1. The highest BCUT2D eigenvalue weighted by molar-refractivity contribution is 6.02. The second kappa shape index (κ2) is 9.44. The molecule has 27 heavy (non-hydrogen) atoms. The van der Waals surface area contributed by atoms with Gasteiger partial charge in [-0.15, -0.1) is 0 Å². The maximum atomic E-state index is 12.6. The van der Waals surface area contributed by atoms with Crippen molar-refractivity contribution < 1.29 is 14.3 Å². The van der Waals surface area contributed by atoms with Crippen LogP contribution in [0.25, 0.3) is 6.08 Å². The predicted molar refractivity (Wildman–Crippen MR) is 105 cm³/mol. The quantitative estimate of drug-likeness (QED) is 0.588. The van der Waals surface area contributed by atoms with E-state index in [4.69, 9.17) is 9.47 Å². The molecule has 0 aliphatic rings. The molecule has 0 heterocycles. The molecule has 5 nitrogen and oxygen atoms in total. The van der Waals surface area contributed by atoms with Crippen LogP contribution in [0.2, 0.25) is 0 Å². The van der Waals surface area contributed by atoms with Crippen molar-refractivity contribution in [3.8, 4) is 17.6 Å². The van der Waals surface area contributed by atoms with Crippen molar-refractivity contribution in [1.29, 1.82) is 5.26 Å². The zero-order chi connectivity index (χ0) is 19.8. The average Bonchev–Trinajstić information content (AvgIpc) is 2.67. The molecule has 0 radical (unpaired) electrons. The molecule has 0 spiro atoms. The summed E-state index contributed by atoms with van der Waals surface area (Å²) < 4.78 is 11.2. The van der Waals surface area contributed by atoms with Crippen LogP contribution in [0.5, 0.6) is 11.5 Å². The van der Waals surface area contributed by atoms with Crippen molar-refractivity contribution in [2.24, 2.45) is 0 Å². The van der Waals surface area contributed by atoms with Gasteiger partial charge in [0.1, 0.15) is 11.6 Å². The Hall–Kier alpha value is -3.26. The van der Waals surface area contributed by atoms with Gasteiger partial charge in [0.15, 0.2) is 11.5 Å². The molecule has 0 aliphatic carbocycles. The van der Waals surface area contributed by atoms with Crippen molar-refractivity contribution in [3.63, 3.8) is 0 Å². The zero-order valence-corrected chi connectivity index (χ0v) is 16.0. The summed E-state index contributed by atoms with van der Waals surface area (Å²) in [7, 11) is 1.55. The fourth-order valence-corrected chi connectivity index (χ4v) is 2.57. The highest BCUT2D eigenvalue weighted by Crippen LogP contribution is 2.33. The first-order valence-corrected chi connectivity index (χ1v) is 8.77. The minimum Gasteiger partial charge on any atom is -0.493 e. The van der Waals surface area contributed by atoms with Gasteiger partial charge in [0, 0.05) is 5.56 Å². The Balaban J connectivity index is 2.30. The minimum atomic E-state index is -0.438. The van der Waals surface area contributed by atoms with Crippen molar-refractivity contribution in [3.05, 3.63) is 65.2 Å². The van der Waals surface area contributed by atoms with Crippen LogP contribution in [0.4, 0.5) is 0 Å². The summed E-state index contributed by atoms with van der Waals surface area (Å²) in [6, 6.07) is 16.7. The predicted octanol–water partition coefficient (Wildman–Crippen LogP) is 4.27. The summed E-state index contributed by atoms with van der Waals surface area (Å²) in [5.74, 6) is 0.617. The molecule has 0 saturated carbocycles. The van der Waals surface area contributed by atoms with Crippen LogP contribution < -0.4 is 14.8 Å². The summed E-state index contributed by atoms with van der Waals surface area (Å²) >= 11 is 0. The summed E-state index contributed by atoms with van der Waals surface area (Å²) in [4.78, 5) is 12.6. The highest BCUT2D eigenvalue weighted by Gasteiger charge is 2.16. The number of methoxy groups -OCH3 is 1. The highest BCUT2D eigenvalue weighted by atomic mass is 16.5. The lowest BCUT2D eigenvalue weighted by Crippen LogP contribution is -2.27. The fourth-order valence-electron chi connectivity index (χ4n) is 2.57. The van der Waals surface area contributed by atoms with Crippen LogP contribution >= 0.6 is 0 Å². The molecule has 0 aliphatic heterocycles. The second-order valence-corrected chi connectivity index (χ2v) is 6.32. The van der Waals surface area contributed by atoms with Gasteiger partial charge in [0.05, 0.1) is 19.3 Å². The van der Waals surface area contributed by atoms with E-state index < -0.39 is 5.91 Å². The first-order valence-electron chi connectivity index (χ1n) is 8.77. The Morgan fingerprint density at radius 1 is 1.11 bits per heavy atom. The lowest BCUT2D eigenvalue weighted by Gasteiger charge is -2.16. The molecule has 0 aromatic heterocycles. The molecule has 1 unspecified atom stereocenters. The average molecular weight is 364 g/mol. The molecule has 2 rings (SSSR count). The van der Waals surface area contributed by atoms with Crippen LogP contribution in [0.15, 0.2) is 54.1 Å². The molecule has 140 valence electrons. The van der Waals surface area contributed by atoms with Crippen LogP contribution in [0, 0.1) is 11.3 Å². The van der Waals surface area contributed by atoms with Gasteiger partial charge in [-0.05, 0) is 38.5 Å². The summed E-state index contributed by atoms with van der Waals surface area (Å²) in [6.07, 6.45) is 1.44.